The molecule has 1 aromatic rings. The van der Waals surface area contributed by atoms with Gasteiger partial charge in [0.1, 0.15) is 0 Å². The maximum Gasteiger partial charge on any atom is 0.269 e. The van der Waals surface area contributed by atoms with Gasteiger partial charge in [-0.05, 0) is 12.1 Å². The second-order valence-corrected chi connectivity index (χ2v) is 4.35. The molecule has 6 nitrogen and oxygen atoms in total. The van der Waals surface area contributed by atoms with Crippen LogP contribution in [0.25, 0.3) is 0 Å². The minimum Gasteiger partial charge on any atom is -0.465 e. The molecule has 1 aliphatic rings. The largest absolute Gasteiger partial charge is 0.465 e. The molecule has 0 saturated carbocycles. The van der Waals surface area contributed by atoms with Crippen molar-refractivity contribution in [3.8, 4) is 0 Å². The average molecular weight is 249 g/mol. The second kappa shape index (κ2) is 5.14. The number of carbonyl (C=O) groups excluding carboxylic acids is 1. The molecule has 0 unspecified atom stereocenters. The highest BCUT2D eigenvalue weighted by Crippen LogP contribution is 2.13. The molecule has 1 N–H and O–H groups in total. The topological polar surface area (TPSA) is 67.9 Å². The first-order valence-electron chi connectivity index (χ1n) is 5.78. The molecule has 0 radical (unpaired) electrons. The Morgan fingerprint density at radius 3 is 2.33 bits per heavy atom. The third-order valence-electron chi connectivity index (χ3n) is 3.08. The van der Waals surface area contributed by atoms with Crippen molar-refractivity contribution in [3.63, 3.8) is 0 Å². The van der Waals surface area contributed by atoms with E-state index in [1.54, 1.807) is 4.90 Å². The highest BCUT2D eigenvalue weighted by atomic mass is 16.6. The quantitative estimate of drug-likeness (QED) is 0.445. The predicted molar refractivity (Wildman–Crippen MR) is 65.1 cm³/mol. The highest BCUT2D eigenvalue weighted by molar-refractivity contribution is 5.94. The van der Waals surface area contributed by atoms with Crippen LogP contribution in [0, 0.1) is 17.2 Å². The molecular formula is C12H15N3O3. The maximum absolute atomic E-state index is 12.1. The number of benzene rings is 1. The highest BCUT2D eigenvalue weighted by Gasteiger charge is 2.21. The summed E-state index contributed by atoms with van der Waals surface area (Å²) in [4.78, 5) is 25.1. The molecule has 0 spiro atoms. The number of piperazine rings is 1. The summed E-state index contributed by atoms with van der Waals surface area (Å²) in [5, 5.41) is 10.5. The number of non-ortho nitro benzene ring substituents is 1. The van der Waals surface area contributed by atoms with Crippen LogP contribution in [0.5, 0.6) is 0 Å². The van der Waals surface area contributed by atoms with E-state index in [2.05, 4.69) is 7.05 Å². The summed E-state index contributed by atoms with van der Waals surface area (Å²) in [6.07, 6.45) is 0. The fourth-order valence-corrected chi connectivity index (χ4v) is 1.93. The number of quaternary nitrogens is 1. The van der Waals surface area contributed by atoms with E-state index in [0.29, 0.717) is 18.7 Å². The minimum absolute atomic E-state index is 0.00132. The second-order valence-electron chi connectivity index (χ2n) is 4.35. The van der Waals surface area contributed by atoms with E-state index in [1.807, 2.05) is 0 Å². The van der Waals surface area contributed by atoms with Crippen molar-refractivity contribution in [2.75, 3.05) is 26.2 Å². The maximum atomic E-state index is 12.1. The zero-order valence-corrected chi connectivity index (χ0v) is 9.96. The van der Waals surface area contributed by atoms with E-state index in [9.17, 15) is 14.9 Å². The standard InChI is InChI=1S/C12H15N3O3/c1-13-6-8-14(9-7-13)12(16)10-2-4-11(5-3-10)15(17)18/h2-5,13H,1,6-9H2. The van der Waals surface area contributed by atoms with Crippen molar-refractivity contribution in [2.45, 2.75) is 0 Å². The van der Waals surface area contributed by atoms with Crippen LogP contribution in [0.4, 0.5) is 5.69 Å². The van der Waals surface area contributed by atoms with E-state index in [1.165, 1.54) is 29.2 Å². The van der Waals surface area contributed by atoms with Gasteiger partial charge in [0, 0.05) is 17.7 Å². The Bertz CT molecular complexity index is 450. The van der Waals surface area contributed by atoms with Crippen LogP contribution in [0.1, 0.15) is 10.4 Å². The number of nitrogens with zero attached hydrogens (tertiary/aromatic N) is 2. The summed E-state index contributed by atoms with van der Waals surface area (Å²) in [5.41, 5.74) is 0.492. The number of amides is 1. The third-order valence-corrected chi connectivity index (χ3v) is 3.08. The van der Waals surface area contributed by atoms with Gasteiger partial charge in [-0.2, -0.15) is 7.05 Å². The summed E-state index contributed by atoms with van der Waals surface area (Å²) in [6.45, 7) is 3.01. The lowest BCUT2D eigenvalue weighted by molar-refractivity contribution is -0.858. The van der Waals surface area contributed by atoms with Gasteiger partial charge in [0.15, 0.2) is 0 Å². The number of rotatable bonds is 2. The smallest absolute Gasteiger partial charge is 0.269 e. The fraction of sp³-hybridized carbons (Fsp3) is 0.333. The lowest BCUT2D eigenvalue weighted by Gasteiger charge is -2.33. The molecule has 96 valence electrons. The van der Waals surface area contributed by atoms with E-state index in [4.69, 9.17) is 0 Å². The van der Waals surface area contributed by atoms with Crippen LogP contribution >= 0.6 is 0 Å². The monoisotopic (exact) mass is 249 g/mol. The molecule has 0 bridgehead atoms. The number of nitrogens with one attached hydrogen (secondary N) is 1. The Hall–Kier alpha value is -1.95. The normalized spacial score (nSPS) is 16.6. The first-order chi connectivity index (χ1) is 8.58. The van der Waals surface area contributed by atoms with Gasteiger partial charge in [-0.15, -0.1) is 0 Å². The Labute approximate surface area is 105 Å². The van der Waals surface area contributed by atoms with Gasteiger partial charge in [0.25, 0.3) is 11.6 Å². The fourth-order valence-electron chi connectivity index (χ4n) is 1.93. The van der Waals surface area contributed by atoms with Gasteiger partial charge >= 0.3 is 0 Å². The van der Waals surface area contributed by atoms with Crippen LogP contribution < -0.4 is 4.90 Å². The van der Waals surface area contributed by atoms with Crippen molar-refractivity contribution in [2.24, 2.45) is 0 Å². The Morgan fingerprint density at radius 1 is 1.28 bits per heavy atom. The molecule has 0 aliphatic carbocycles. The Kier molecular flexibility index (Phi) is 3.57. The van der Waals surface area contributed by atoms with Gasteiger partial charge < -0.3 is 9.80 Å². The van der Waals surface area contributed by atoms with Crippen molar-refractivity contribution in [1.29, 1.82) is 0 Å². The average Bonchev–Trinajstić information content (AvgIpc) is 2.39. The molecule has 1 amide bonds. The zero-order valence-electron chi connectivity index (χ0n) is 9.96. The third kappa shape index (κ3) is 2.65. The van der Waals surface area contributed by atoms with E-state index in [0.717, 1.165) is 13.1 Å². The van der Waals surface area contributed by atoms with Gasteiger partial charge in [-0.1, -0.05) is 0 Å². The lowest BCUT2D eigenvalue weighted by atomic mass is 10.1. The summed E-state index contributed by atoms with van der Waals surface area (Å²) in [6, 6.07) is 5.72. The van der Waals surface area contributed by atoms with Gasteiger partial charge in [-0.3, -0.25) is 14.9 Å². The van der Waals surface area contributed by atoms with Crippen molar-refractivity contribution >= 4 is 11.6 Å². The number of nitro benzene ring substituents is 1. The first kappa shape index (κ1) is 12.5. The van der Waals surface area contributed by atoms with Gasteiger partial charge in [-0.25, -0.2) is 0 Å². The number of carbonyl (C=O) groups is 1. The Morgan fingerprint density at radius 2 is 1.83 bits per heavy atom. The van der Waals surface area contributed by atoms with Gasteiger partial charge in [0.2, 0.25) is 0 Å². The lowest BCUT2D eigenvalue weighted by Crippen LogP contribution is -3.10. The van der Waals surface area contributed by atoms with Crippen LogP contribution in [0.15, 0.2) is 24.3 Å². The molecule has 1 aliphatic heterocycles. The molecule has 6 heteroatoms. The number of hydrogen-bond donors (Lipinski definition) is 1. The van der Waals surface area contributed by atoms with Gasteiger partial charge in [0.05, 0.1) is 31.1 Å². The zero-order chi connectivity index (χ0) is 13.1. The summed E-state index contributed by atoms with van der Waals surface area (Å²) in [5.74, 6) is -0.0719. The molecule has 2 rings (SSSR count). The van der Waals surface area contributed by atoms with Crippen LogP contribution in [-0.2, 0) is 0 Å². The minimum atomic E-state index is -0.473. The predicted octanol–water partition coefficient (Wildman–Crippen LogP) is -0.273. The molecular weight excluding hydrogens is 234 g/mol. The van der Waals surface area contributed by atoms with Crippen LogP contribution in [0.2, 0.25) is 0 Å². The molecule has 1 saturated heterocycles. The molecule has 1 fully saturated rings. The van der Waals surface area contributed by atoms with E-state index < -0.39 is 4.92 Å². The summed E-state index contributed by atoms with van der Waals surface area (Å²) >= 11 is 0. The van der Waals surface area contributed by atoms with E-state index >= 15 is 0 Å². The van der Waals surface area contributed by atoms with Crippen LogP contribution in [0.3, 0.4) is 0 Å². The summed E-state index contributed by atoms with van der Waals surface area (Å²) in [7, 11) is 3.90. The van der Waals surface area contributed by atoms with E-state index in [-0.39, 0.29) is 11.6 Å². The molecule has 0 atom stereocenters. The van der Waals surface area contributed by atoms with Crippen molar-refractivity contribution < 1.29 is 14.6 Å². The number of nitro groups is 1. The molecule has 1 aromatic carbocycles. The molecule has 18 heavy (non-hydrogen) atoms. The first-order valence-corrected chi connectivity index (χ1v) is 5.78. The van der Waals surface area contributed by atoms with Crippen LogP contribution in [-0.4, -0.2) is 41.9 Å². The summed E-state index contributed by atoms with van der Waals surface area (Å²) < 4.78 is 0. The Balaban J connectivity index is 2.07. The molecule has 1 heterocycles. The number of hydrogen-bond acceptors (Lipinski definition) is 3. The SMILES string of the molecule is [CH2-][NH+]1CCN(C(=O)c2ccc([N+](=O)[O-])cc2)CC1. The van der Waals surface area contributed by atoms with Crippen molar-refractivity contribution in [1.82, 2.24) is 4.90 Å². The molecule has 0 aromatic heterocycles. The van der Waals surface area contributed by atoms with Crippen molar-refractivity contribution in [3.05, 3.63) is 47.0 Å².